The number of carboxylic acids is 1. The van der Waals surface area contributed by atoms with Gasteiger partial charge in [-0.05, 0) is 25.0 Å². The van der Waals surface area contributed by atoms with E-state index in [1.165, 1.54) is 21.3 Å². The number of hydrogen-bond acceptors (Lipinski definition) is 5. The van der Waals surface area contributed by atoms with Crippen molar-refractivity contribution in [3.8, 4) is 17.2 Å². The van der Waals surface area contributed by atoms with E-state index in [0.717, 1.165) is 12.8 Å². The molecular weight excluding hydrogens is 300 g/mol. The first-order chi connectivity index (χ1) is 11.0. The van der Waals surface area contributed by atoms with Gasteiger partial charge in [0.25, 0.3) is 0 Å². The van der Waals surface area contributed by atoms with Crippen LogP contribution in [-0.4, -0.2) is 38.2 Å². The molecule has 0 saturated heterocycles. The molecule has 6 heteroatoms. The van der Waals surface area contributed by atoms with Crippen LogP contribution in [0.1, 0.15) is 36.0 Å². The van der Waals surface area contributed by atoms with Crippen LogP contribution in [0.15, 0.2) is 12.1 Å². The number of aliphatic carboxylic acids is 1. The highest BCUT2D eigenvalue weighted by atomic mass is 16.5. The number of rotatable bonds is 6. The van der Waals surface area contributed by atoms with Gasteiger partial charge in [0.15, 0.2) is 17.3 Å². The smallest absolute Gasteiger partial charge is 0.307 e. The Balaban J connectivity index is 2.40. The van der Waals surface area contributed by atoms with E-state index >= 15 is 0 Å². The fourth-order valence-electron chi connectivity index (χ4n) is 3.18. The summed E-state index contributed by atoms with van der Waals surface area (Å²) in [5.41, 5.74) is 0.387. The molecule has 0 aliphatic heterocycles. The molecule has 2 atom stereocenters. The van der Waals surface area contributed by atoms with E-state index in [9.17, 15) is 14.7 Å². The van der Waals surface area contributed by atoms with Crippen LogP contribution < -0.4 is 14.2 Å². The lowest BCUT2D eigenvalue weighted by atomic mass is 9.75. The van der Waals surface area contributed by atoms with Crippen molar-refractivity contribution in [3.63, 3.8) is 0 Å². The first-order valence-electron chi connectivity index (χ1n) is 7.60. The number of hydrogen-bond donors (Lipinski definition) is 1. The molecule has 23 heavy (non-hydrogen) atoms. The van der Waals surface area contributed by atoms with Gasteiger partial charge >= 0.3 is 5.97 Å². The summed E-state index contributed by atoms with van der Waals surface area (Å²) in [5.74, 6) is -1.05. The maximum absolute atomic E-state index is 12.8. The Labute approximate surface area is 135 Å². The van der Waals surface area contributed by atoms with Crippen LogP contribution in [0.25, 0.3) is 0 Å². The molecule has 0 unspecified atom stereocenters. The van der Waals surface area contributed by atoms with Crippen molar-refractivity contribution in [1.82, 2.24) is 0 Å². The van der Waals surface area contributed by atoms with Crippen molar-refractivity contribution in [2.45, 2.75) is 25.7 Å². The molecule has 0 bridgehead atoms. The topological polar surface area (TPSA) is 82.1 Å². The number of Topliss-reactive ketones (excluding diaryl/α,β-unsaturated/α-hetero) is 1. The third kappa shape index (κ3) is 3.41. The predicted molar refractivity (Wildman–Crippen MR) is 83.5 cm³/mol. The lowest BCUT2D eigenvalue weighted by Crippen LogP contribution is -2.32. The zero-order valence-electron chi connectivity index (χ0n) is 13.6. The number of methoxy groups -OCH3 is 3. The van der Waals surface area contributed by atoms with Gasteiger partial charge in [-0.3, -0.25) is 9.59 Å². The predicted octanol–water partition coefficient (Wildman–Crippen LogP) is 2.79. The van der Waals surface area contributed by atoms with Crippen molar-refractivity contribution >= 4 is 11.8 Å². The van der Waals surface area contributed by atoms with Gasteiger partial charge in [-0.15, -0.1) is 0 Å². The van der Waals surface area contributed by atoms with Gasteiger partial charge in [0.05, 0.1) is 27.2 Å². The third-order valence-electron chi connectivity index (χ3n) is 4.37. The van der Waals surface area contributed by atoms with Crippen molar-refractivity contribution in [3.05, 3.63) is 17.7 Å². The summed E-state index contributed by atoms with van der Waals surface area (Å²) in [6.07, 6.45) is 2.84. The maximum atomic E-state index is 12.8. The minimum atomic E-state index is -0.907. The Bertz CT molecular complexity index is 570. The Morgan fingerprint density at radius 1 is 0.957 bits per heavy atom. The van der Waals surface area contributed by atoms with E-state index in [1.807, 2.05) is 0 Å². The summed E-state index contributed by atoms with van der Waals surface area (Å²) in [7, 11) is 4.45. The molecule has 2 rings (SSSR count). The van der Waals surface area contributed by atoms with Gasteiger partial charge in [-0.25, -0.2) is 0 Å². The van der Waals surface area contributed by atoms with E-state index in [1.54, 1.807) is 12.1 Å². The molecule has 1 aromatic rings. The normalized spacial score (nSPS) is 20.7. The Morgan fingerprint density at radius 2 is 1.48 bits per heavy atom. The third-order valence-corrected chi connectivity index (χ3v) is 4.37. The van der Waals surface area contributed by atoms with Crippen LogP contribution in [0.2, 0.25) is 0 Å². The van der Waals surface area contributed by atoms with Gasteiger partial charge in [0.2, 0.25) is 5.75 Å². The van der Waals surface area contributed by atoms with E-state index in [2.05, 4.69) is 0 Å². The molecular formula is C17H22O6. The standard InChI is InChI=1S/C17H22O6/c1-21-13-8-10(9-14(22-2)16(13)23-3)15(18)11-6-4-5-7-12(11)17(19)20/h8-9,11-12H,4-7H2,1-3H3,(H,19,20)/t11-,12+/m0/s1. The number of carboxylic acid groups (broad SMARTS) is 1. The first-order valence-corrected chi connectivity index (χ1v) is 7.60. The monoisotopic (exact) mass is 322 g/mol. The summed E-state index contributed by atoms with van der Waals surface area (Å²) >= 11 is 0. The summed E-state index contributed by atoms with van der Waals surface area (Å²) in [4.78, 5) is 24.3. The molecule has 6 nitrogen and oxygen atoms in total. The van der Waals surface area contributed by atoms with Gasteiger partial charge in [-0.1, -0.05) is 12.8 Å². The van der Waals surface area contributed by atoms with Gasteiger partial charge in [0, 0.05) is 11.5 Å². The lowest BCUT2D eigenvalue weighted by molar-refractivity contribution is -0.144. The molecule has 1 aliphatic rings. The lowest BCUT2D eigenvalue weighted by Gasteiger charge is -2.27. The van der Waals surface area contributed by atoms with Crippen molar-refractivity contribution < 1.29 is 28.9 Å². The summed E-state index contributed by atoms with van der Waals surface area (Å²) in [6, 6.07) is 3.16. The highest BCUT2D eigenvalue weighted by Crippen LogP contribution is 2.40. The first kappa shape index (κ1) is 17.1. The molecule has 1 aromatic carbocycles. The minimum absolute atomic E-state index is 0.184. The second-order valence-corrected chi connectivity index (χ2v) is 5.61. The Morgan fingerprint density at radius 3 is 1.91 bits per heavy atom. The molecule has 1 N–H and O–H groups in total. The molecule has 126 valence electrons. The molecule has 1 saturated carbocycles. The van der Waals surface area contributed by atoms with E-state index < -0.39 is 17.8 Å². The number of carbonyl (C=O) groups is 2. The second kappa shape index (κ2) is 7.35. The zero-order valence-corrected chi connectivity index (χ0v) is 13.6. The second-order valence-electron chi connectivity index (χ2n) is 5.61. The minimum Gasteiger partial charge on any atom is -0.493 e. The largest absolute Gasteiger partial charge is 0.493 e. The van der Waals surface area contributed by atoms with E-state index in [-0.39, 0.29) is 5.78 Å². The van der Waals surface area contributed by atoms with Crippen LogP contribution in [0.3, 0.4) is 0 Å². The van der Waals surface area contributed by atoms with Crippen LogP contribution in [0.4, 0.5) is 0 Å². The summed E-state index contributed by atoms with van der Waals surface area (Å²) in [5, 5.41) is 9.37. The molecule has 1 fully saturated rings. The number of carbonyl (C=O) groups excluding carboxylic acids is 1. The number of ketones is 1. The van der Waals surface area contributed by atoms with Crippen LogP contribution in [-0.2, 0) is 4.79 Å². The van der Waals surface area contributed by atoms with Crippen LogP contribution >= 0.6 is 0 Å². The molecule has 0 radical (unpaired) electrons. The maximum Gasteiger partial charge on any atom is 0.307 e. The van der Waals surface area contributed by atoms with Gasteiger partial charge < -0.3 is 19.3 Å². The molecule has 1 aliphatic carbocycles. The van der Waals surface area contributed by atoms with Gasteiger partial charge in [-0.2, -0.15) is 0 Å². The van der Waals surface area contributed by atoms with Crippen molar-refractivity contribution in [2.75, 3.05) is 21.3 Å². The SMILES string of the molecule is COc1cc(C(=O)[C@H]2CCCC[C@H]2C(=O)O)cc(OC)c1OC. The van der Waals surface area contributed by atoms with E-state index in [0.29, 0.717) is 35.7 Å². The highest BCUT2D eigenvalue weighted by Gasteiger charge is 2.36. The average molecular weight is 322 g/mol. The highest BCUT2D eigenvalue weighted by molar-refractivity contribution is 6.01. The summed E-state index contributed by atoms with van der Waals surface area (Å²) < 4.78 is 15.8. The molecule has 0 aromatic heterocycles. The molecule has 0 amide bonds. The van der Waals surface area contributed by atoms with E-state index in [4.69, 9.17) is 14.2 Å². The Kier molecular flexibility index (Phi) is 5.47. The molecule has 0 spiro atoms. The number of ether oxygens (including phenoxy) is 3. The summed E-state index contributed by atoms with van der Waals surface area (Å²) in [6.45, 7) is 0. The number of benzene rings is 1. The van der Waals surface area contributed by atoms with Gasteiger partial charge in [0.1, 0.15) is 0 Å². The van der Waals surface area contributed by atoms with Crippen LogP contribution in [0, 0.1) is 11.8 Å². The molecule has 0 heterocycles. The fraction of sp³-hybridized carbons (Fsp3) is 0.529. The van der Waals surface area contributed by atoms with Crippen LogP contribution in [0.5, 0.6) is 17.2 Å². The fourth-order valence-corrected chi connectivity index (χ4v) is 3.18. The quantitative estimate of drug-likeness (QED) is 0.811. The Hall–Kier alpha value is -2.24. The average Bonchev–Trinajstić information content (AvgIpc) is 2.59. The van der Waals surface area contributed by atoms with Crippen molar-refractivity contribution in [2.24, 2.45) is 11.8 Å². The zero-order chi connectivity index (χ0) is 17.0. The van der Waals surface area contributed by atoms with Crippen molar-refractivity contribution in [1.29, 1.82) is 0 Å².